The lowest BCUT2D eigenvalue weighted by Gasteiger charge is -2.52. The maximum Gasteiger partial charge on any atom is 0.306 e. The van der Waals surface area contributed by atoms with E-state index in [0.717, 1.165) is 25.3 Å². The van der Waals surface area contributed by atoms with Crippen LogP contribution in [0.2, 0.25) is 0 Å². The fourth-order valence-corrected chi connectivity index (χ4v) is 9.39. The molecule has 0 aromatic rings. The van der Waals surface area contributed by atoms with Crippen LogP contribution in [0.5, 0.6) is 0 Å². The van der Waals surface area contributed by atoms with Gasteiger partial charge < -0.3 is 24.8 Å². The Morgan fingerprint density at radius 2 is 1.43 bits per heavy atom. The number of Topliss-reactive ketones (excluding diaryl/α,β-unsaturated/α-hetero) is 2. The van der Waals surface area contributed by atoms with E-state index in [1.54, 1.807) is 20.8 Å². The number of esters is 2. The molecular weight excluding hydrogens is 600 g/mol. The minimum atomic E-state index is -2.26. The lowest BCUT2D eigenvalue weighted by Crippen LogP contribution is -2.67. The number of ether oxygens (including phenoxy) is 2. The summed E-state index contributed by atoms with van der Waals surface area (Å²) in [5, 5.41) is 34.7. The number of aliphatic hydroxyl groups is 3. The number of carbonyl (C=O) groups is 4. The van der Waals surface area contributed by atoms with Crippen LogP contribution >= 0.6 is 0 Å². The van der Waals surface area contributed by atoms with Gasteiger partial charge >= 0.3 is 11.9 Å². The van der Waals surface area contributed by atoms with Crippen molar-refractivity contribution < 1.29 is 44.0 Å². The van der Waals surface area contributed by atoms with E-state index < -0.39 is 82.1 Å². The molecule has 0 unspecified atom stereocenters. The van der Waals surface area contributed by atoms with E-state index >= 15 is 0 Å². The normalized spacial score (nSPS) is 35.2. The zero-order chi connectivity index (χ0) is 34.8. The Labute approximate surface area is 280 Å². The SMILES string of the molecule is CCCCCCCCCCCCCCCC(=O)O[C@@H]1[C@@H](C)[C@@]2(O)[C@@H](C(=O)C(CO)=C[C@]3(O)C(=O)C(C)=C[C@@H]23)[C@@H]2C(C)(C)[C@]12OC(C)=O. The average molecular weight is 659 g/mol. The van der Waals surface area contributed by atoms with E-state index in [2.05, 4.69) is 6.92 Å². The Kier molecular flexibility index (Phi) is 11.7. The summed E-state index contributed by atoms with van der Waals surface area (Å²) in [5.41, 5.74) is -6.61. The van der Waals surface area contributed by atoms with Gasteiger partial charge in [0.05, 0.1) is 18.1 Å². The lowest BCUT2D eigenvalue weighted by molar-refractivity contribution is -0.229. The van der Waals surface area contributed by atoms with Crippen LogP contribution in [0, 0.1) is 29.1 Å². The number of unbranched alkanes of at least 4 members (excludes halogenated alkanes) is 12. The number of aliphatic hydroxyl groups excluding tert-OH is 1. The van der Waals surface area contributed by atoms with Crippen molar-refractivity contribution in [2.45, 2.75) is 154 Å². The fourth-order valence-electron chi connectivity index (χ4n) is 9.39. The standard InChI is InChI=1S/C38H58O9/c1-7-8-9-10-11-12-13-14-15-16-17-18-19-20-29(41)46-34-25(3)37(45)28-21-24(2)33(43)36(28,44)22-27(23-39)31(42)30(37)32-35(5,6)38(32,34)47-26(4)40/h21-22,25,28,30,32,34,39,44-45H,7-20,23H2,1-6H3/t25-,28-,30+,32-,34-,36-,37+,38-/m1/s1. The Bertz CT molecular complexity index is 1270. The monoisotopic (exact) mass is 658 g/mol. The third kappa shape index (κ3) is 6.53. The van der Waals surface area contributed by atoms with Gasteiger partial charge in [0.1, 0.15) is 6.10 Å². The van der Waals surface area contributed by atoms with Crippen LogP contribution in [-0.4, -0.2) is 68.3 Å². The number of fused-ring (bicyclic) bond motifs is 5. The number of carbonyl (C=O) groups excluding carboxylic acids is 4. The van der Waals surface area contributed by atoms with Gasteiger partial charge in [0.15, 0.2) is 22.8 Å². The summed E-state index contributed by atoms with van der Waals surface area (Å²) in [6, 6.07) is 0. The van der Waals surface area contributed by atoms with Gasteiger partial charge in [-0.2, -0.15) is 0 Å². The van der Waals surface area contributed by atoms with Gasteiger partial charge in [0.25, 0.3) is 0 Å². The molecule has 4 rings (SSSR count). The van der Waals surface area contributed by atoms with Crippen LogP contribution in [0.1, 0.15) is 131 Å². The van der Waals surface area contributed by atoms with Gasteiger partial charge in [-0.1, -0.05) is 111 Å². The molecule has 0 spiro atoms. The molecule has 0 radical (unpaired) electrons. The van der Waals surface area contributed by atoms with E-state index in [1.165, 1.54) is 77.7 Å². The molecule has 264 valence electrons. The Morgan fingerprint density at radius 3 is 1.94 bits per heavy atom. The van der Waals surface area contributed by atoms with Gasteiger partial charge in [0, 0.05) is 42.1 Å². The average Bonchev–Trinajstić information content (AvgIpc) is 3.41. The molecule has 4 aliphatic rings. The quantitative estimate of drug-likeness (QED) is 0.132. The summed E-state index contributed by atoms with van der Waals surface area (Å²) in [7, 11) is 0. The van der Waals surface area contributed by atoms with E-state index in [-0.39, 0.29) is 17.6 Å². The first-order valence-corrected chi connectivity index (χ1v) is 18.1. The highest BCUT2D eigenvalue weighted by atomic mass is 16.6. The third-order valence-electron chi connectivity index (χ3n) is 11.9. The molecule has 47 heavy (non-hydrogen) atoms. The third-order valence-corrected chi connectivity index (χ3v) is 11.9. The lowest BCUT2D eigenvalue weighted by atomic mass is 9.58. The minimum Gasteiger partial charge on any atom is -0.458 e. The van der Waals surface area contributed by atoms with Crippen molar-refractivity contribution in [1.29, 1.82) is 0 Å². The fraction of sp³-hybridized carbons (Fsp3) is 0.789. The summed E-state index contributed by atoms with van der Waals surface area (Å²) < 4.78 is 12.1. The van der Waals surface area contributed by atoms with Crippen molar-refractivity contribution in [3.8, 4) is 0 Å². The van der Waals surface area contributed by atoms with Gasteiger partial charge in [-0.3, -0.25) is 19.2 Å². The zero-order valence-corrected chi connectivity index (χ0v) is 29.4. The molecular formula is C38H58O9. The number of hydrogen-bond acceptors (Lipinski definition) is 9. The summed E-state index contributed by atoms with van der Waals surface area (Å²) in [6.45, 7) is 9.51. The molecule has 2 fully saturated rings. The van der Waals surface area contributed by atoms with Gasteiger partial charge in [-0.15, -0.1) is 0 Å². The molecule has 8 atom stereocenters. The van der Waals surface area contributed by atoms with Crippen LogP contribution in [0.4, 0.5) is 0 Å². The Hall–Kier alpha value is -2.36. The van der Waals surface area contributed by atoms with Crippen molar-refractivity contribution >= 4 is 23.5 Å². The van der Waals surface area contributed by atoms with E-state index in [9.17, 15) is 34.5 Å². The maximum atomic E-state index is 14.1. The zero-order valence-electron chi connectivity index (χ0n) is 29.4. The van der Waals surface area contributed by atoms with Crippen LogP contribution in [0.15, 0.2) is 23.3 Å². The second kappa shape index (κ2) is 14.6. The van der Waals surface area contributed by atoms with Crippen LogP contribution < -0.4 is 0 Å². The summed E-state index contributed by atoms with van der Waals surface area (Å²) in [6.07, 6.45) is 16.9. The highest BCUT2D eigenvalue weighted by Gasteiger charge is 2.89. The van der Waals surface area contributed by atoms with Gasteiger partial charge in [-0.25, -0.2) is 0 Å². The predicted octanol–water partition coefficient (Wildman–Crippen LogP) is 5.71. The highest BCUT2D eigenvalue weighted by Crippen LogP contribution is 2.77. The van der Waals surface area contributed by atoms with E-state index in [4.69, 9.17) is 9.47 Å². The maximum absolute atomic E-state index is 14.1. The number of rotatable bonds is 17. The van der Waals surface area contributed by atoms with Crippen LogP contribution in [0.25, 0.3) is 0 Å². The summed E-state index contributed by atoms with van der Waals surface area (Å²) in [5.74, 6) is -6.69. The first-order chi connectivity index (χ1) is 22.2. The first-order valence-electron chi connectivity index (χ1n) is 18.1. The molecule has 2 saturated carbocycles. The first kappa shape index (κ1) is 37.5. The summed E-state index contributed by atoms with van der Waals surface area (Å²) >= 11 is 0. The van der Waals surface area contributed by atoms with Crippen LogP contribution in [-0.2, 0) is 28.7 Å². The number of hydrogen-bond donors (Lipinski definition) is 3. The van der Waals surface area contributed by atoms with Crippen molar-refractivity contribution in [3.63, 3.8) is 0 Å². The molecule has 0 heterocycles. The molecule has 0 aromatic carbocycles. The van der Waals surface area contributed by atoms with Crippen molar-refractivity contribution in [2.24, 2.45) is 29.1 Å². The number of ketones is 2. The second-order valence-corrected chi connectivity index (χ2v) is 15.3. The molecule has 3 N–H and O–H groups in total. The van der Waals surface area contributed by atoms with Gasteiger partial charge in [0.2, 0.25) is 0 Å². The largest absolute Gasteiger partial charge is 0.458 e. The molecule has 4 aliphatic carbocycles. The van der Waals surface area contributed by atoms with Crippen molar-refractivity contribution in [1.82, 2.24) is 0 Å². The van der Waals surface area contributed by atoms with Crippen molar-refractivity contribution in [2.75, 3.05) is 6.61 Å². The smallest absolute Gasteiger partial charge is 0.306 e. The predicted molar refractivity (Wildman–Crippen MR) is 177 cm³/mol. The molecule has 0 aliphatic heterocycles. The van der Waals surface area contributed by atoms with Crippen LogP contribution in [0.3, 0.4) is 0 Å². The molecule has 9 nitrogen and oxygen atoms in total. The summed E-state index contributed by atoms with van der Waals surface area (Å²) in [4.78, 5) is 53.3. The topological polar surface area (TPSA) is 147 Å². The molecule has 9 heteroatoms. The molecule has 0 bridgehead atoms. The Morgan fingerprint density at radius 1 is 0.894 bits per heavy atom. The molecule has 0 saturated heterocycles. The molecule has 0 aromatic heterocycles. The van der Waals surface area contributed by atoms with E-state index in [1.807, 2.05) is 0 Å². The highest BCUT2D eigenvalue weighted by molar-refractivity contribution is 6.09. The Balaban J connectivity index is 1.46. The van der Waals surface area contributed by atoms with E-state index in [0.29, 0.717) is 6.42 Å². The van der Waals surface area contributed by atoms with Crippen molar-refractivity contribution in [3.05, 3.63) is 23.3 Å². The molecule has 0 amide bonds. The minimum absolute atomic E-state index is 0.157. The second-order valence-electron chi connectivity index (χ2n) is 15.3. The van der Waals surface area contributed by atoms with Gasteiger partial charge in [-0.05, 0) is 25.0 Å².